The van der Waals surface area contributed by atoms with Crippen molar-refractivity contribution >= 4 is 29.5 Å². The Morgan fingerprint density at radius 3 is 2.44 bits per heavy atom. The highest BCUT2D eigenvalue weighted by Crippen LogP contribution is 2.34. The van der Waals surface area contributed by atoms with E-state index < -0.39 is 47.4 Å². The minimum absolute atomic E-state index is 0.0120. The Morgan fingerprint density at radius 1 is 1.23 bits per heavy atom. The van der Waals surface area contributed by atoms with Crippen LogP contribution in [0.15, 0.2) is 71.2 Å². The molecule has 5 atom stereocenters. The normalized spacial score (nSPS) is 22.3. The lowest BCUT2D eigenvalue weighted by Gasteiger charge is -2.39. The Labute approximate surface area is 260 Å². The Hall–Kier alpha value is -3.34. The van der Waals surface area contributed by atoms with Crippen molar-refractivity contribution in [2.24, 2.45) is 17.1 Å². The van der Waals surface area contributed by atoms with Gasteiger partial charge in [0.2, 0.25) is 18.1 Å². The van der Waals surface area contributed by atoms with Crippen LogP contribution in [0.4, 0.5) is 4.79 Å². The van der Waals surface area contributed by atoms with Gasteiger partial charge in [0, 0.05) is 29.9 Å². The number of carbonyl (C=O) groups excluding carboxylic acids is 3. The predicted octanol–water partition coefficient (Wildman–Crippen LogP) is 5.26. The van der Waals surface area contributed by atoms with Crippen LogP contribution in [0.5, 0.6) is 0 Å². The third kappa shape index (κ3) is 14.1. The van der Waals surface area contributed by atoms with E-state index in [9.17, 15) is 19.5 Å². The van der Waals surface area contributed by atoms with Gasteiger partial charge in [0.15, 0.2) is 0 Å². The number of methoxy groups -OCH3 is 1. The Kier molecular flexibility index (Phi) is 15.5. The van der Waals surface area contributed by atoms with Gasteiger partial charge in [0.05, 0.1) is 12.7 Å². The first-order valence-electron chi connectivity index (χ1n) is 14.2. The summed E-state index contributed by atoms with van der Waals surface area (Å²) in [4.78, 5) is 36.7. The van der Waals surface area contributed by atoms with Gasteiger partial charge in [-0.05, 0) is 44.9 Å². The average Bonchev–Trinajstić information content (AvgIpc) is 2.89. The van der Waals surface area contributed by atoms with Gasteiger partial charge in [0.25, 0.3) is 0 Å². The van der Waals surface area contributed by atoms with E-state index in [4.69, 9.17) is 31.5 Å². The highest BCUT2D eigenvalue weighted by Gasteiger charge is 2.37. The van der Waals surface area contributed by atoms with Crippen LogP contribution in [0.25, 0.3) is 0 Å². The predicted molar refractivity (Wildman–Crippen MR) is 168 cm³/mol. The van der Waals surface area contributed by atoms with E-state index in [1.165, 1.54) is 19.4 Å². The zero-order valence-corrected chi connectivity index (χ0v) is 27.2. The van der Waals surface area contributed by atoms with E-state index in [1.807, 2.05) is 59.8 Å². The van der Waals surface area contributed by atoms with E-state index in [0.717, 1.165) is 5.57 Å². The third-order valence-corrected chi connectivity index (χ3v) is 7.02. The summed E-state index contributed by atoms with van der Waals surface area (Å²) in [5.74, 6) is -0.422. The van der Waals surface area contributed by atoms with Crippen LogP contribution in [0.2, 0.25) is 0 Å². The first-order valence-corrected chi connectivity index (χ1v) is 14.5. The maximum atomic E-state index is 12.9. The molecular formula is C32H48ClN3O7. The van der Waals surface area contributed by atoms with Crippen molar-refractivity contribution < 1.29 is 33.7 Å². The molecule has 3 amide bonds. The molecule has 1 rings (SSSR count). The summed E-state index contributed by atoms with van der Waals surface area (Å²) in [5, 5.41) is 16.1. The maximum absolute atomic E-state index is 12.9. The Balaban J connectivity index is 2.75. The molecule has 0 spiro atoms. The largest absolute Gasteiger partial charge is 0.496 e. The number of aliphatic hydroxyl groups is 1. The van der Waals surface area contributed by atoms with Crippen molar-refractivity contribution in [3.8, 4) is 0 Å². The van der Waals surface area contributed by atoms with Crippen molar-refractivity contribution in [3.05, 3.63) is 71.2 Å². The van der Waals surface area contributed by atoms with E-state index in [0.29, 0.717) is 30.1 Å². The number of amides is 3. The smallest absolute Gasteiger partial charge is 0.404 e. The van der Waals surface area contributed by atoms with E-state index >= 15 is 0 Å². The maximum Gasteiger partial charge on any atom is 0.404 e. The van der Waals surface area contributed by atoms with Crippen molar-refractivity contribution in [1.29, 1.82) is 0 Å². The molecule has 0 aliphatic carbocycles. The van der Waals surface area contributed by atoms with Crippen LogP contribution in [-0.4, -0.2) is 54.2 Å². The number of hydrogen-bond acceptors (Lipinski definition) is 7. The lowest BCUT2D eigenvalue weighted by Crippen LogP contribution is -2.52. The lowest BCUT2D eigenvalue weighted by atomic mass is 9.84. The summed E-state index contributed by atoms with van der Waals surface area (Å²) >= 11 is 5.85. The summed E-state index contributed by atoms with van der Waals surface area (Å²) in [5.41, 5.74) is 4.92. The molecule has 0 fully saturated rings. The summed E-state index contributed by atoms with van der Waals surface area (Å²) in [6, 6.07) is -0.820. The number of halogens is 1. The molecule has 1 unspecified atom stereocenters. The van der Waals surface area contributed by atoms with Crippen molar-refractivity contribution in [2.45, 2.75) is 91.8 Å². The van der Waals surface area contributed by atoms with E-state index in [-0.39, 0.29) is 5.92 Å². The van der Waals surface area contributed by atoms with Gasteiger partial charge in [-0.25, -0.2) is 4.79 Å². The quantitative estimate of drug-likeness (QED) is 0.153. The summed E-state index contributed by atoms with van der Waals surface area (Å²) in [7, 11) is 1.50. The van der Waals surface area contributed by atoms with Crippen LogP contribution in [-0.2, 0) is 23.8 Å². The number of primary amides is 1. The van der Waals surface area contributed by atoms with Gasteiger partial charge in [-0.1, -0.05) is 81.3 Å². The average molecular weight is 622 g/mol. The molecule has 0 aromatic heterocycles. The SMILES string of the molecule is COC1=CCC(C)([C@@H](C)/C=C(C)/C=C\C=C/C(=O)N[C@H](C(=O)N/C=C\C[C@H](C/C=C(\C)Cl)OC(N)=O)C(C)(C)C)O[C@H]1O. The molecule has 0 aromatic carbocycles. The third-order valence-electron chi connectivity index (χ3n) is 6.86. The van der Waals surface area contributed by atoms with Crippen LogP contribution < -0.4 is 16.4 Å². The molecule has 1 aliphatic heterocycles. The van der Waals surface area contributed by atoms with Crippen LogP contribution in [0, 0.1) is 11.3 Å². The van der Waals surface area contributed by atoms with Crippen molar-refractivity contribution in [1.82, 2.24) is 10.6 Å². The van der Waals surface area contributed by atoms with Crippen molar-refractivity contribution in [3.63, 3.8) is 0 Å². The van der Waals surface area contributed by atoms with Gasteiger partial charge >= 0.3 is 6.09 Å². The number of carbonyl (C=O) groups is 3. The lowest BCUT2D eigenvalue weighted by molar-refractivity contribution is -0.196. The van der Waals surface area contributed by atoms with Crippen molar-refractivity contribution in [2.75, 3.05) is 7.11 Å². The monoisotopic (exact) mass is 621 g/mol. The van der Waals surface area contributed by atoms with Gasteiger partial charge in [0.1, 0.15) is 17.9 Å². The molecule has 1 heterocycles. The van der Waals surface area contributed by atoms with Crippen LogP contribution in [0.3, 0.4) is 0 Å². The summed E-state index contributed by atoms with van der Waals surface area (Å²) < 4.78 is 16.0. The Bertz CT molecular complexity index is 1150. The first-order chi connectivity index (χ1) is 20.0. The fourth-order valence-corrected chi connectivity index (χ4v) is 4.27. The number of hydrogen-bond donors (Lipinski definition) is 4. The minimum atomic E-state index is -1.10. The number of ether oxygens (including phenoxy) is 3. The van der Waals surface area contributed by atoms with E-state index in [1.54, 1.807) is 31.2 Å². The number of rotatable bonds is 14. The molecule has 0 saturated heterocycles. The number of nitrogens with two attached hydrogens (primary N) is 1. The number of nitrogens with one attached hydrogen (secondary N) is 2. The standard InChI is InChI=1S/C32H48ClN3O7/c1-21(20-22(2)32(7)18-17-25(41-8)29(39)43-32)12-9-10-14-26(37)36-27(31(4,5)6)28(38)35-19-11-13-24(42-30(34)40)16-15-23(3)33/h9-12,14-15,17,19-20,22,24,27,29,39H,13,16,18H2,1-8H3,(H2,34,40)(H,35,38)(H,36,37)/b12-9-,14-10-,19-11-,21-20+,23-15+/t22-,24+,27+,29+,32?/m0/s1. The number of aliphatic hydroxyl groups excluding tert-OH is 1. The van der Waals surface area contributed by atoms with Gasteiger partial charge in [-0.2, -0.15) is 0 Å². The van der Waals surface area contributed by atoms with Crippen LogP contribution >= 0.6 is 11.6 Å². The topological polar surface area (TPSA) is 149 Å². The van der Waals surface area contributed by atoms with Gasteiger partial charge in [-0.3, -0.25) is 9.59 Å². The molecular weight excluding hydrogens is 574 g/mol. The zero-order chi connectivity index (χ0) is 32.8. The van der Waals surface area contributed by atoms with Gasteiger partial charge in [-0.15, -0.1) is 0 Å². The fourth-order valence-electron chi connectivity index (χ4n) is 4.18. The molecule has 1 aliphatic rings. The molecule has 0 bridgehead atoms. The molecule has 0 aromatic rings. The second kappa shape index (κ2) is 17.7. The first kappa shape index (κ1) is 37.7. The second-order valence-corrected chi connectivity index (χ2v) is 12.4. The highest BCUT2D eigenvalue weighted by atomic mass is 35.5. The molecule has 240 valence electrons. The molecule has 10 nitrogen and oxygen atoms in total. The van der Waals surface area contributed by atoms with E-state index in [2.05, 4.69) is 10.6 Å². The molecule has 11 heteroatoms. The zero-order valence-electron chi connectivity index (χ0n) is 26.5. The summed E-state index contributed by atoms with van der Waals surface area (Å²) in [6.07, 6.45) is 14.0. The molecule has 43 heavy (non-hydrogen) atoms. The van der Waals surface area contributed by atoms with Gasteiger partial charge < -0.3 is 35.7 Å². The second-order valence-electron chi connectivity index (χ2n) is 11.8. The summed E-state index contributed by atoms with van der Waals surface area (Å²) in [6.45, 7) is 13.1. The minimum Gasteiger partial charge on any atom is -0.496 e. The highest BCUT2D eigenvalue weighted by molar-refractivity contribution is 6.29. The fraction of sp³-hybridized carbons (Fsp3) is 0.531. The number of allylic oxidation sites excluding steroid dienone is 5. The molecule has 0 radical (unpaired) electrons. The molecule has 0 saturated carbocycles. The Morgan fingerprint density at radius 2 is 1.88 bits per heavy atom. The molecule has 5 N–H and O–H groups in total. The van der Waals surface area contributed by atoms with Crippen LogP contribution in [0.1, 0.15) is 67.7 Å².